The van der Waals surface area contributed by atoms with Gasteiger partial charge in [-0.2, -0.15) is 4.73 Å². The number of fused-ring (bicyclic) bond motifs is 1. The molecule has 6 nitrogen and oxygen atoms in total. The molecule has 0 spiro atoms. The quantitative estimate of drug-likeness (QED) is 0.589. The van der Waals surface area contributed by atoms with E-state index < -0.39 is 0 Å². The molecule has 0 amide bonds. The predicted molar refractivity (Wildman–Crippen MR) is 87.3 cm³/mol. The molecule has 0 fully saturated rings. The van der Waals surface area contributed by atoms with Crippen LogP contribution in [0.3, 0.4) is 0 Å². The minimum Gasteiger partial charge on any atom is -0.426 e. The molecule has 0 aliphatic carbocycles. The summed E-state index contributed by atoms with van der Waals surface area (Å²) < 4.78 is 3.14. The molecule has 0 aliphatic heterocycles. The summed E-state index contributed by atoms with van der Waals surface area (Å²) in [4.78, 5) is 8.55. The zero-order valence-electron chi connectivity index (χ0n) is 12.3. The van der Waals surface area contributed by atoms with E-state index in [1.54, 1.807) is 12.5 Å². The number of benzene rings is 2. The lowest BCUT2D eigenvalue weighted by atomic mass is 10.2. The smallest absolute Gasteiger partial charge is 0.176 e. The minimum atomic E-state index is 0. The van der Waals surface area contributed by atoms with Gasteiger partial charge < -0.3 is 15.3 Å². The first-order chi connectivity index (χ1) is 10.8. The minimum absolute atomic E-state index is 0. The van der Waals surface area contributed by atoms with Crippen LogP contribution in [-0.2, 0) is 6.54 Å². The molecule has 0 unspecified atom stereocenters. The second-order valence-electron chi connectivity index (χ2n) is 5.17. The molecule has 0 radical (unpaired) electrons. The fraction of sp³-hybridized carbons (Fsp3) is 0.0588. The Balaban J connectivity index is 0.00000156. The number of imidazole rings is 2. The van der Waals surface area contributed by atoms with Gasteiger partial charge in [-0.1, -0.05) is 36.4 Å². The summed E-state index contributed by atoms with van der Waals surface area (Å²) in [5.41, 5.74) is 3.45. The van der Waals surface area contributed by atoms with Gasteiger partial charge in [0.05, 0.1) is 11.8 Å². The van der Waals surface area contributed by atoms with E-state index in [0.29, 0.717) is 17.9 Å². The zero-order chi connectivity index (χ0) is 14.9. The Kier molecular flexibility index (Phi) is 3.82. The molecule has 0 aliphatic rings. The van der Waals surface area contributed by atoms with Crippen molar-refractivity contribution in [2.45, 2.75) is 6.54 Å². The second-order valence-corrected chi connectivity index (χ2v) is 5.17. The molecule has 23 heavy (non-hydrogen) atoms. The molecule has 116 valence electrons. The van der Waals surface area contributed by atoms with E-state index in [-0.39, 0.29) is 5.48 Å². The van der Waals surface area contributed by atoms with E-state index in [1.165, 1.54) is 0 Å². The Hall–Kier alpha value is -3.12. The molecule has 4 rings (SSSR count). The molecule has 0 saturated carbocycles. The summed E-state index contributed by atoms with van der Waals surface area (Å²) in [5, 5.41) is 10.4. The second kappa shape index (κ2) is 5.94. The van der Waals surface area contributed by atoms with Crippen LogP contribution in [0.25, 0.3) is 22.4 Å². The number of rotatable bonds is 3. The molecular weight excluding hydrogens is 292 g/mol. The monoisotopic (exact) mass is 308 g/mol. The first kappa shape index (κ1) is 14.8. The molecule has 2 aromatic carbocycles. The van der Waals surface area contributed by atoms with Gasteiger partial charge in [-0.25, -0.2) is 9.97 Å². The molecule has 2 heterocycles. The van der Waals surface area contributed by atoms with Crippen molar-refractivity contribution in [3.8, 4) is 11.4 Å². The van der Waals surface area contributed by atoms with E-state index in [0.717, 1.165) is 21.4 Å². The lowest BCUT2D eigenvalue weighted by Crippen LogP contribution is -1.97. The van der Waals surface area contributed by atoms with Crippen LogP contribution in [0.4, 0.5) is 0 Å². The number of hydrogen-bond donors (Lipinski definition) is 1. The van der Waals surface area contributed by atoms with Crippen LogP contribution in [0, 0.1) is 0 Å². The number of hydrogen-bond acceptors (Lipinski definition) is 3. The maximum absolute atomic E-state index is 10.4. The summed E-state index contributed by atoms with van der Waals surface area (Å²) in [6, 6.07) is 15.6. The molecule has 0 atom stereocenters. The highest BCUT2D eigenvalue weighted by atomic mass is 16.5. The van der Waals surface area contributed by atoms with Gasteiger partial charge in [0, 0.05) is 24.5 Å². The predicted octanol–water partition coefficient (Wildman–Crippen LogP) is 2.36. The Labute approximate surface area is 132 Å². The van der Waals surface area contributed by atoms with Crippen molar-refractivity contribution in [3.63, 3.8) is 0 Å². The van der Waals surface area contributed by atoms with Gasteiger partial charge in [-0.3, -0.25) is 0 Å². The lowest BCUT2D eigenvalue weighted by molar-refractivity contribution is 0.203. The number of nitrogens with zero attached hydrogens (tertiary/aromatic N) is 4. The van der Waals surface area contributed by atoms with Crippen molar-refractivity contribution in [2.75, 3.05) is 0 Å². The van der Waals surface area contributed by atoms with Crippen LogP contribution in [0.5, 0.6) is 0 Å². The van der Waals surface area contributed by atoms with Gasteiger partial charge in [-0.05, 0) is 17.7 Å². The fourth-order valence-corrected chi connectivity index (χ4v) is 2.57. The third-order valence-corrected chi connectivity index (χ3v) is 3.65. The normalized spacial score (nSPS) is 10.6. The van der Waals surface area contributed by atoms with Crippen LogP contribution in [0.1, 0.15) is 5.56 Å². The van der Waals surface area contributed by atoms with E-state index >= 15 is 0 Å². The van der Waals surface area contributed by atoms with Crippen molar-refractivity contribution in [2.24, 2.45) is 0 Å². The summed E-state index contributed by atoms with van der Waals surface area (Å²) >= 11 is 0. The van der Waals surface area contributed by atoms with E-state index in [1.807, 2.05) is 59.3 Å². The van der Waals surface area contributed by atoms with Crippen molar-refractivity contribution in [1.82, 2.24) is 19.3 Å². The van der Waals surface area contributed by atoms with Crippen LogP contribution >= 0.6 is 0 Å². The van der Waals surface area contributed by atoms with E-state index in [9.17, 15) is 5.21 Å². The maximum Gasteiger partial charge on any atom is 0.176 e. The number of aromatic nitrogens is 4. The van der Waals surface area contributed by atoms with Gasteiger partial charge in [0.15, 0.2) is 5.82 Å². The van der Waals surface area contributed by atoms with Gasteiger partial charge >= 0.3 is 0 Å². The maximum atomic E-state index is 10.4. The Morgan fingerprint density at radius 3 is 2.61 bits per heavy atom. The van der Waals surface area contributed by atoms with Crippen LogP contribution in [-0.4, -0.2) is 29.9 Å². The van der Waals surface area contributed by atoms with Crippen molar-refractivity contribution >= 4 is 11.0 Å². The average molecular weight is 308 g/mol. The third-order valence-electron chi connectivity index (χ3n) is 3.65. The molecule has 2 aromatic heterocycles. The van der Waals surface area contributed by atoms with Gasteiger partial charge in [-0.15, -0.1) is 0 Å². The molecule has 3 N–H and O–H groups in total. The Morgan fingerprint density at radius 1 is 1.04 bits per heavy atom. The topological polar surface area (TPSA) is 87.4 Å². The Bertz CT molecular complexity index is 915. The highest BCUT2D eigenvalue weighted by molar-refractivity contribution is 5.80. The third kappa shape index (κ3) is 2.67. The molecule has 6 heteroatoms. The largest absolute Gasteiger partial charge is 0.426 e. The summed E-state index contributed by atoms with van der Waals surface area (Å²) in [6.45, 7) is 0.710. The van der Waals surface area contributed by atoms with E-state index in [2.05, 4.69) is 9.97 Å². The average Bonchev–Trinajstić information content (AvgIpc) is 3.17. The fourth-order valence-electron chi connectivity index (χ4n) is 2.57. The molecule has 0 saturated heterocycles. The molecule has 0 bridgehead atoms. The summed E-state index contributed by atoms with van der Waals surface area (Å²) in [6.07, 6.45) is 5.44. The van der Waals surface area contributed by atoms with Crippen LogP contribution in [0.2, 0.25) is 0 Å². The molecule has 4 aromatic rings. The molecular formula is C17H16N4O2. The van der Waals surface area contributed by atoms with Crippen LogP contribution in [0.15, 0.2) is 67.3 Å². The van der Waals surface area contributed by atoms with Crippen molar-refractivity contribution in [1.29, 1.82) is 0 Å². The standard InChI is InChI=1S/C17H14N4O.H2O/c22-21-16-10-13(11-20-9-8-18-12-20)6-7-15(16)19-17(21)14-4-2-1-3-5-14;/h1-10,12,22H,11H2;1H2. The summed E-state index contributed by atoms with van der Waals surface area (Å²) in [7, 11) is 0. The van der Waals surface area contributed by atoms with Gasteiger partial charge in [0.25, 0.3) is 0 Å². The van der Waals surface area contributed by atoms with E-state index in [4.69, 9.17) is 0 Å². The van der Waals surface area contributed by atoms with Crippen molar-refractivity contribution < 1.29 is 10.7 Å². The van der Waals surface area contributed by atoms with Gasteiger partial charge in [0.2, 0.25) is 0 Å². The first-order valence-electron chi connectivity index (χ1n) is 7.03. The van der Waals surface area contributed by atoms with Gasteiger partial charge in [0.1, 0.15) is 5.52 Å². The highest BCUT2D eigenvalue weighted by Crippen LogP contribution is 2.24. The van der Waals surface area contributed by atoms with Crippen molar-refractivity contribution in [3.05, 3.63) is 72.8 Å². The Morgan fingerprint density at radius 2 is 1.87 bits per heavy atom. The SMILES string of the molecule is O.On1c(-c2ccccc2)nc2ccc(Cn3ccnc3)cc21. The van der Waals surface area contributed by atoms with Crippen LogP contribution < -0.4 is 0 Å². The lowest BCUT2D eigenvalue weighted by Gasteiger charge is -2.03. The zero-order valence-corrected chi connectivity index (χ0v) is 12.3. The first-order valence-corrected chi connectivity index (χ1v) is 7.03. The highest BCUT2D eigenvalue weighted by Gasteiger charge is 2.12. The summed E-state index contributed by atoms with van der Waals surface area (Å²) in [5.74, 6) is 0.551.